The van der Waals surface area contributed by atoms with Gasteiger partial charge < -0.3 is 24.7 Å². The number of hydrogen-bond donors (Lipinski definition) is 2. The number of aryl methyl sites for hydroxylation is 1. The number of nitrogens with one attached hydrogen (secondary N) is 2. The van der Waals surface area contributed by atoms with E-state index >= 15 is 0 Å². The van der Waals surface area contributed by atoms with Crippen LogP contribution in [0.3, 0.4) is 0 Å². The van der Waals surface area contributed by atoms with Crippen molar-refractivity contribution < 1.29 is 13.2 Å². The number of amides is 1. The molecule has 2 N–H and O–H groups in total. The molecule has 1 saturated heterocycles. The molecule has 1 atom stereocenters. The van der Waals surface area contributed by atoms with Gasteiger partial charge in [0.1, 0.15) is 11.3 Å². The average molecular weight is 672 g/mol. The first-order valence-electron chi connectivity index (χ1n) is 14.4. The van der Waals surface area contributed by atoms with Gasteiger partial charge in [-0.2, -0.15) is 4.31 Å². The first-order valence-corrected chi connectivity index (χ1v) is 16.8. The van der Waals surface area contributed by atoms with Crippen molar-refractivity contribution in [2.75, 3.05) is 58.4 Å². The molecule has 1 aliphatic heterocycles. The molecule has 0 radical (unpaired) electrons. The molecule has 1 aromatic carbocycles. The molecule has 1 amide bonds. The number of halogens is 1. The summed E-state index contributed by atoms with van der Waals surface area (Å²) < 4.78 is 29.2. The second-order valence-electron chi connectivity index (χ2n) is 11.3. The first kappa shape index (κ1) is 31.2. The summed E-state index contributed by atoms with van der Waals surface area (Å²) in [4.78, 5) is 29.6. The van der Waals surface area contributed by atoms with E-state index in [4.69, 9.17) is 4.98 Å². The van der Waals surface area contributed by atoms with Crippen molar-refractivity contribution in [2.24, 2.45) is 0 Å². The minimum Gasteiger partial charge on any atom is -0.378 e. The van der Waals surface area contributed by atoms with E-state index < -0.39 is 10.0 Å². The Morgan fingerprint density at radius 1 is 1.16 bits per heavy atom. The molecule has 0 bridgehead atoms. The summed E-state index contributed by atoms with van der Waals surface area (Å²) in [6.07, 6.45) is 2.44. The van der Waals surface area contributed by atoms with Gasteiger partial charge in [0, 0.05) is 73.7 Å². The zero-order valence-electron chi connectivity index (χ0n) is 25.5. The number of benzene rings is 1. The second kappa shape index (κ2) is 12.4. The van der Waals surface area contributed by atoms with Crippen molar-refractivity contribution in [3.8, 4) is 17.1 Å². The Morgan fingerprint density at radius 3 is 2.56 bits per heavy atom. The van der Waals surface area contributed by atoms with Crippen molar-refractivity contribution in [1.29, 1.82) is 0 Å². The zero-order valence-corrected chi connectivity index (χ0v) is 27.9. The number of imidazole rings is 1. The summed E-state index contributed by atoms with van der Waals surface area (Å²) in [7, 11) is 2.58. The Labute approximate surface area is 261 Å². The summed E-state index contributed by atoms with van der Waals surface area (Å²) in [5.41, 5.74) is 6.71. The van der Waals surface area contributed by atoms with Crippen LogP contribution < -0.4 is 5.32 Å². The number of carbonyl (C=O) groups excluding carboxylic acids is 1. The molecule has 0 saturated carbocycles. The van der Waals surface area contributed by atoms with Crippen LogP contribution in [0.15, 0.2) is 41.0 Å². The van der Waals surface area contributed by atoms with Crippen molar-refractivity contribution in [1.82, 2.24) is 33.6 Å². The van der Waals surface area contributed by atoms with Gasteiger partial charge in [0.15, 0.2) is 5.65 Å². The molecule has 230 valence electrons. The summed E-state index contributed by atoms with van der Waals surface area (Å²) in [6, 6.07) is 9.75. The molecule has 5 rings (SSSR count). The third kappa shape index (κ3) is 6.35. The number of aromatic amines is 1. The molecular formula is C30H39BrN8O3S. The van der Waals surface area contributed by atoms with Gasteiger partial charge in [-0.25, -0.2) is 18.4 Å². The van der Waals surface area contributed by atoms with Crippen molar-refractivity contribution >= 4 is 48.7 Å². The maximum atomic E-state index is 12.9. The van der Waals surface area contributed by atoms with Crippen molar-refractivity contribution in [3.63, 3.8) is 0 Å². The number of likely N-dealkylation sites (N-methyl/N-ethyl adjacent to an activating group) is 2. The topological polar surface area (TPSA) is 119 Å². The third-order valence-electron chi connectivity index (χ3n) is 8.01. The highest BCUT2D eigenvalue weighted by atomic mass is 79.9. The van der Waals surface area contributed by atoms with E-state index in [2.05, 4.69) is 46.7 Å². The lowest BCUT2D eigenvalue weighted by molar-refractivity contribution is 0.0786. The summed E-state index contributed by atoms with van der Waals surface area (Å²) in [6.45, 7) is 8.15. The lowest BCUT2D eigenvalue weighted by Gasteiger charge is -2.20. The van der Waals surface area contributed by atoms with E-state index in [1.165, 1.54) is 0 Å². The van der Waals surface area contributed by atoms with Crippen LogP contribution in [0.2, 0.25) is 0 Å². The van der Waals surface area contributed by atoms with Gasteiger partial charge in [0.25, 0.3) is 5.91 Å². The highest BCUT2D eigenvalue weighted by Crippen LogP contribution is 2.34. The number of H-pyrrole nitrogens is 1. The van der Waals surface area contributed by atoms with Crippen LogP contribution in [0.25, 0.3) is 28.2 Å². The van der Waals surface area contributed by atoms with Gasteiger partial charge in [0.05, 0.1) is 15.9 Å². The molecule has 43 heavy (non-hydrogen) atoms. The number of fused-ring (bicyclic) bond motifs is 1. The quantitative estimate of drug-likeness (QED) is 0.259. The van der Waals surface area contributed by atoms with E-state index in [1.807, 2.05) is 59.3 Å². The molecule has 0 spiro atoms. The largest absolute Gasteiger partial charge is 0.378 e. The second-order valence-corrected chi connectivity index (χ2v) is 14.5. The molecule has 4 aromatic rings. The zero-order chi connectivity index (χ0) is 31.1. The molecule has 1 fully saturated rings. The minimum atomic E-state index is -3.23. The maximum absolute atomic E-state index is 12.9. The number of hydrogen-bond acceptors (Lipinski definition) is 7. The van der Waals surface area contributed by atoms with E-state index in [-0.39, 0.29) is 17.7 Å². The van der Waals surface area contributed by atoms with E-state index in [0.29, 0.717) is 48.6 Å². The summed E-state index contributed by atoms with van der Waals surface area (Å²) in [5, 5.41) is 3.52. The Hall–Kier alpha value is -3.26. The Balaban J connectivity index is 1.40. The third-order valence-corrected chi connectivity index (χ3v) is 10.5. The van der Waals surface area contributed by atoms with Gasteiger partial charge in [-0.05, 0) is 87.5 Å². The number of carbonyl (C=O) groups is 1. The van der Waals surface area contributed by atoms with Crippen LogP contribution in [0, 0.1) is 13.8 Å². The Kier molecular flexibility index (Phi) is 8.98. The highest BCUT2D eigenvalue weighted by molar-refractivity contribution is 9.10. The lowest BCUT2D eigenvalue weighted by atomic mass is 10.1. The fourth-order valence-corrected chi connectivity index (χ4v) is 7.07. The molecule has 1 aliphatic rings. The van der Waals surface area contributed by atoms with Crippen LogP contribution in [0.1, 0.15) is 35.1 Å². The van der Waals surface area contributed by atoms with Crippen LogP contribution >= 0.6 is 15.9 Å². The molecule has 13 heteroatoms. The summed E-state index contributed by atoms with van der Waals surface area (Å²) in [5.74, 6) is 0.789. The smallest absolute Gasteiger partial charge is 0.253 e. The number of nitrogens with zero attached hydrogens (tertiary/aromatic N) is 6. The minimum absolute atomic E-state index is 0.00214. The standard InChI is InChI=1S/C30H39BrN8O3S/c1-7-43(41,42)38-13-12-22(18-38)33-26-25(31)17-32-29-27(26)34-28(35-29)24-16-19(2)39(20(24)3)23-10-8-21(9-11-23)30(40)37(6)15-14-36(4)5/h8-11,16-17,22H,7,12-15,18H2,1-6H3,(H2,32,33,34,35). The highest BCUT2D eigenvalue weighted by Gasteiger charge is 2.31. The van der Waals surface area contributed by atoms with Crippen LogP contribution in [-0.4, -0.2) is 107 Å². The average Bonchev–Trinajstić information content (AvgIpc) is 3.70. The van der Waals surface area contributed by atoms with E-state index in [1.54, 1.807) is 22.3 Å². The molecule has 0 aliphatic carbocycles. The fraction of sp³-hybridized carbons (Fsp3) is 0.433. The molecule has 1 unspecified atom stereocenters. The maximum Gasteiger partial charge on any atom is 0.253 e. The van der Waals surface area contributed by atoms with Gasteiger partial charge in [-0.15, -0.1) is 0 Å². The number of rotatable bonds is 10. The first-order chi connectivity index (χ1) is 20.4. The summed E-state index contributed by atoms with van der Waals surface area (Å²) >= 11 is 3.61. The van der Waals surface area contributed by atoms with Crippen molar-refractivity contribution in [2.45, 2.75) is 33.2 Å². The van der Waals surface area contributed by atoms with E-state index in [9.17, 15) is 13.2 Å². The SMILES string of the molecule is CCS(=O)(=O)N1CCC(Nc2c(Br)cnc3[nH]c(-c4cc(C)n(-c5ccc(C(=O)N(C)CCN(C)C)cc5)c4C)nc23)C1. The lowest BCUT2D eigenvalue weighted by Crippen LogP contribution is -2.33. The van der Waals surface area contributed by atoms with Crippen LogP contribution in [0.5, 0.6) is 0 Å². The van der Waals surface area contributed by atoms with Crippen molar-refractivity contribution in [3.05, 3.63) is 58.0 Å². The number of anilines is 1. The predicted octanol–water partition coefficient (Wildman–Crippen LogP) is 4.26. The van der Waals surface area contributed by atoms with Gasteiger partial charge >= 0.3 is 0 Å². The Bertz CT molecular complexity index is 1750. The normalized spacial score (nSPS) is 16.0. The van der Waals surface area contributed by atoms with Gasteiger partial charge in [0.2, 0.25) is 10.0 Å². The van der Waals surface area contributed by atoms with Gasteiger partial charge in [-0.3, -0.25) is 4.79 Å². The number of pyridine rings is 1. The van der Waals surface area contributed by atoms with E-state index in [0.717, 1.165) is 39.3 Å². The Morgan fingerprint density at radius 2 is 1.88 bits per heavy atom. The molecular weight excluding hydrogens is 632 g/mol. The predicted molar refractivity (Wildman–Crippen MR) is 174 cm³/mol. The van der Waals surface area contributed by atoms with Gasteiger partial charge in [-0.1, -0.05) is 0 Å². The molecule has 4 heterocycles. The van der Waals surface area contributed by atoms with Crippen LogP contribution in [0.4, 0.5) is 5.69 Å². The monoisotopic (exact) mass is 670 g/mol. The van der Waals surface area contributed by atoms with Crippen LogP contribution in [-0.2, 0) is 10.0 Å². The number of sulfonamides is 1. The fourth-order valence-electron chi connectivity index (χ4n) is 5.51. The number of aromatic nitrogens is 4. The molecule has 3 aromatic heterocycles. The molecule has 11 nitrogen and oxygen atoms in total.